The summed E-state index contributed by atoms with van der Waals surface area (Å²) in [4.78, 5) is 0. The van der Waals surface area contributed by atoms with E-state index in [1.54, 1.807) is 0 Å². The fourth-order valence-corrected chi connectivity index (χ4v) is 10.8. The van der Waals surface area contributed by atoms with Gasteiger partial charge in [-0.15, -0.1) is 0 Å². The molecule has 1 aliphatic heterocycles. The van der Waals surface area contributed by atoms with Gasteiger partial charge in [0, 0.05) is 0 Å². The third-order valence-electron chi connectivity index (χ3n) is 13.5. The number of aliphatic hydroxyl groups excluding tert-OH is 4. The summed E-state index contributed by atoms with van der Waals surface area (Å²) in [6, 6.07) is 0. The third-order valence-corrected chi connectivity index (χ3v) is 13.5. The van der Waals surface area contributed by atoms with Gasteiger partial charge in [-0.3, -0.25) is 0 Å². The van der Waals surface area contributed by atoms with Crippen LogP contribution in [0, 0.1) is 52.3 Å². The molecule has 4 fully saturated rings. The molecule has 4 unspecified atom stereocenters. The smallest absolute Gasteiger partial charge is 0.186 e. The largest absolute Gasteiger partial charge is 0.394 e. The summed E-state index contributed by atoms with van der Waals surface area (Å²) in [5, 5.41) is 40.4. The minimum Gasteiger partial charge on any atom is -0.394 e. The normalized spacial score (nSPS) is 47.7. The zero-order valence-electron chi connectivity index (χ0n) is 26.7. The number of ether oxygens (including phenoxy) is 2. The number of hydrogen-bond acceptors (Lipinski definition) is 6. The highest BCUT2D eigenvalue weighted by molar-refractivity contribution is 5.25. The van der Waals surface area contributed by atoms with E-state index in [1.807, 2.05) is 0 Å². The van der Waals surface area contributed by atoms with Gasteiger partial charge < -0.3 is 29.9 Å². The Morgan fingerprint density at radius 2 is 1.71 bits per heavy atom. The maximum absolute atomic E-state index is 10.5. The van der Waals surface area contributed by atoms with Crippen LogP contribution < -0.4 is 0 Å². The lowest BCUT2D eigenvalue weighted by Crippen LogP contribution is -2.60. The van der Waals surface area contributed by atoms with Crippen molar-refractivity contribution in [3.63, 3.8) is 0 Å². The number of fused-ring (bicyclic) bond motifs is 5. The molecule has 0 bridgehead atoms. The van der Waals surface area contributed by atoms with E-state index in [1.165, 1.54) is 56.9 Å². The number of allylic oxidation sites excluding steroid dienone is 1. The summed E-state index contributed by atoms with van der Waals surface area (Å²) in [7, 11) is 0. The molecule has 236 valence electrons. The Morgan fingerprint density at radius 1 is 0.951 bits per heavy atom. The van der Waals surface area contributed by atoms with Gasteiger partial charge >= 0.3 is 0 Å². The number of rotatable bonds is 9. The van der Waals surface area contributed by atoms with Crippen LogP contribution in [0.3, 0.4) is 0 Å². The first kappa shape index (κ1) is 31.9. The predicted octanol–water partition coefficient (Wildman–Crippen LogP) is 5.85. The summed E-state index contributed by atoms with van der Waals surface area (Å²) >= 11 is 0. The maximum Gasteiger partial charge on any atom is 0.186 e. The second kappa shape index (κ2) is 12.5. The molecule has 1 saturated heterocycles. The third kappa shape index (κ3) is 5.73. The molecule has 0 amide bonds. The van der Waals surface area contributed by atoms with Gasteiger partial charge in [-0.25, -0.2) is 0 Å². The van der Waals surface area contributed by atoms with Crippen molar-refractivity contribution in [2.45, 2.75) is 149 Å². The lowest BCUT2D eigenvalue weighted by atomic mass is 9.47. The molecular formula is C35H60O6. The maximum atomic E-state index is 10.5. The van der Waals surface area contributed by atoms with E-state index in [9.17, 15) is 20.4 Å². The van der Waals surface area contributed by atoms with E-state index in [0.29, 0.717) is 5.41 Å². The fourth-order valence-electron chi connectivity index (χ4n) is 10.8. The first-order valence-electron chi connectivity index (χ1n) is 17.1. The molecule has 6 heteroatoms. The highest BCUT2D eigenvalue weighted by Crippen LogP contribution is 2.67. The van der Waals surface area contributed by atoms with Gasteiger partial charge in [0.05, 0.1) is 12.7 Å². The Hall–Kier alpha value is -0.500. The topological polar surface area (TPSA) is 99.4 Å². The van der Waals surface area contributed by atoms with Crippen molar-refractivity contribution in [3.8, 4) is 0 Å². The zero-order valence-corrected chi connectivity index (χ0v) is 26.7. The Bertz CT molecular complexity index is 918. The first-order valence-corrected chi connectivity index (χ1v) is 17.1. The SMILES string of the molecule is CCC(CCC(C)[C@H]1CCC2[C@@H]3CC=C4C[C@@H](O[C@@H]5O[C@H](CO)[C@@H](O)[C@H](O)[C@H]5O)CC[C@]4(C)C3CC[C@@]21C)C(C)C. The van der Waals surface area contributed by atoms with Crippen molar-refractivity contribution in [2.75, 3.05) is 6.61 Å². The van der Waals surface area contributed by atoms with E-state index < -0.39 is 37.3 Å². The fraction of sp³-hybridized carbons (Fsp3) is 0.943. The molecule has 0 aromatic heterocycles. The first-order chi connectivity index (χ1) is 19.4. The monoisotopic (exact) mass is 576 g/mol. The molecule has 1 heterocycles. The Balaban J connectivity index is 1.24. The molecule has 0 aromatic rings. The predicted molar refractivity (Wildman–Crippen MR) is 161 cm³/mol. The summed E-state index contributed by atoms with van der Waals surface area (Å²) in [5.41, 5.74) is 2.19. The zero-order chi connectivity index (χ0) is 29.7. The van der Waals surface area contributed by atoms with Gasteiger partial charge in [0.1, 0.15) is 24.4 Å². The van der Waals surface area contributed by atoms with Crippen molar-refractivity contribution >= 4 is 0 Å². The Labute approximate surface area is 249 Å². The lowest BCUT2D eigenvalue weighted by molar-refractivity contribution is -0.313. The molecule has 0 radical (unpaired) electrons. The van der Waals surface area contributed by atoms with Crippen LogP contribution in [0.15, 0.2) is 11.6 Å². The van der Waals surface area contributed by atoms with E-state index in [-0.39, 0.29) is 11.5 Å². The van der Waals surface area contributed by atoms with Gasteiger partial charge in [0.25, 0.3) is 0 Å². The molecule has 5 aliphatic rings. The van der Waals surface area contributed by atoms with Gasteiger partial charge in [-0.05, 0) is 110 Å². The standard InChI is InChI=1S/C35H60O6/c1-7-22(20(2)3)9-8-21(4)26-12-13-27-25-11-10-23-18-24(14-16-34(23,5)28(25)15-17-35(26,27)6)40-33-32(39)31(38)30(37)29(19-36)41-33/h10,20-22,24-33,36-39H,7-9,11-19H2,1-6H3/t21?,22?,24-,25-,26+,27?,28?,29+,30+,31-,32+,33+,34-,35+/m0/s1. The van der Waals surface area contributed by atoms with Crippen LogP contribution in [0.5, 0.6) is 0 Å². The Morgan fingerprint density at radius 3 is 2.39 bits per heavy atom. The molecule has 14 atom stereocenters. The van der Waals surface area contributed by atoms with Crippen LogP contribution in [0.2, 0.25) is 0 Å². The van der Waals surface area contributed by atoms with Crippen LogP contribution in [-0.2, 0) is 9.47 Å². The van der Waals surface area contributed by atoms with Crippen molar-refractivity contribution in [1.82, 2.24) is 0 Å². The van der Waals surface area contributed by atoms with E-state index in [0.717, 1.165) is 60.7 Å². The van der Waals surface area contributed by atoms with E-state index in [2.05, 4.69) is 47.6 Å². The van der Waals surface area contributed by atoms with E-state index >= 15 is 0 Å². The number of hydrogen-bond donors (Lipinski definition) is 4. The van der Waals surface area contributed by atoms with Crippen molar-refractivity contribution in [3.05, 3.63) is 11.6 Å². The van der Waals surface area contributed by atoms with Crippen molar-refractivity contribution in [2.24, 2.45) is 52.3 Å². The summed E-state index contributed by atoms with van der Waals surface area (Å²) in [6.45, 7) is 14.5. The molecule has 5 rings (SSSR count). The van der Waals surface area contributed by atoms with Crippen LogP contribution in [-0.4, -0.2) is 63.8 Å². The second-order valence-electron chi connectivity index (χ2n) is 15.7. The van der Waals surface area contributed by atoms with Crippen LogP contribution >= 0.6 is 0 Å². The second-order valence-corrected chi connectivity index (χ2v) is 15.7. The number of aliphatic hydroxyl groups is 4. The lowest BCUT2D eigenvalue weighted by Gasteiger charge is -2.58. The van der Waals surface area contributed by atoms with Crippen molar-refractivity contribution < 1.29 is 29.9 Å². The van der Waals surface area contributed by atoms with Gasteiger partial charge in [-0.2, -0.15) is 0 Å². The average molecular weight is 577 g/mol. The van der Waals surface area contributed by atoms with Crippen LogP contribution in [0.4, 0.5) is 0 Å². The van der Waals surface area contributed by atoms with Crippen LogP contribution in [0.25, 0.3) is 0 Å². The average Bonchev–Trinajstić information content (AvgIpc) is 3.30. The summed E-state index contributed by atoms with van der Waals surface area (Å²) in [6.07, 6.45) is 9.92. The molecule has 4 aliphatic carbocycles. The Kier molecular flexibility index (Phi) is 9.71. The molecule has 3 saturated carbocycles. The quantitative estimate of drug-likeness (QED) is 0.257. The van der Waals surface area contributed by atoms with E-state index in [4.69, 9.17) is 9.47 Å². The molecule has 41 heavy (non-hydrogen) atoms. The highest BCUT2D eigenvalue weighted by atomic mass is 16.7. The van der Waals surface area contributed by atoms with Gasteiger partial charge in [0.15, 0.2) is 6.29 Å². The molecular weight excluding hydrogens is 516 g/mol. The van der Waals surface area contributed by atoms with Crippen LogP contribution in [0.1, 0.15) is 112 Å². The summed E-state index contributed by atoms with van der Waals surface area (Å²) in [5.74, 6) is 5.66. The molecule has 0 spiro atoms. The molecule has 6 nitrogen and oxygen atoms in total. The minimum atomic E-state index is -1.40. The molecule has 0 aromatic carbocycles. The van der Waals surface area contributed by atoms with Crippen molar-refractivity contribution in [1.29, 1.82) is 0 Å². The minimum absolute atomic E-state index is 0.101. The highest BCUT2D eigenvalue weighted by Gasteiger charge is 2.59. The molecule has 4 N–H and O–H groups in total. The van der Waals surface area contributed by atoms with Gasteiger partial charge in [-0.1, -0.05) is 66.0 Å². The summed E-state index contributed by atoms with van der Waals surface area (Å²) < 4.78 is 11.9. The van der Waals surface area contributed by atoms with Gasteiger partial charge in [0.2, 0.25) is 0 Å².